The van der Waals surface area contributed by atoms with Gasteiger partial charge in [-0.05, 0) is 0 Å². The lowest BCUT2D eigenvalue weighted by atomic mass is 9.89. The van der Waals surface area contributed by atoms with E-state index in [0.29, 0.717) is 0 Å². The Labute approximate surface area is 102 Å². The third kappa shape index (κ3) is 2.96. The molecule has 0 aliphatic carbocycles. The van der Waals surface area contributed by atoms with Gasteiger partial charge in [-0.15, -0.1) is 0 Å². The van der Waals surface area contributed by atoms with Gasteiger partial charge in [0.05, 0.1) is 0 Å². The molecule has 84 valence electrons. The zero-order chi connectivity index (χ0) is 11.8. The van der Waals surface area contributed by atoms with Crippen LogP contribution in [0.5, 0.6) is 0 Å². The minimum absolute atomic E-state index is 0.863. The summed E-state index contributed by atoms with van der Waals surface area (Å²) in [7, 11) is 0. The Kier molecular flexibility index (Phi) is 4.25. The van der Waals surface area contributed by atoms with Crippen molar-refractivity contribution in [1.82, 2.24) is 0 Å². The molecule has 0 aromatic heterocycles. The average Bonchev–Trinajstić information content (AvgIpc) is 1.79. The molecule has 0 radical (unpaired) electrons. The molecule has 7 heteroatoms. The van der Waals surface area contributed by atoms with Crippen LogP contribution in [-0.4, -0.2) is 20.1 Å². The van der Waals surface area contributed by atoms with E-state index in [-0.39, 0.29) is 0 Å². The molecule has 0 aromatic rings. The molecule has 0 saturated heterocycles. The van der Waals surface area contributed by atoms with Gasteiger partial charge < -0.3 is 9.84 Å². The summed E-state index contributed by atoms with van der Waals surface area (Å²) in [5, 5.41) is 6.56. The molecule has 0 aliphatic rings. The average molecular weight is 284 g/mol. The van der Waals surface area contributed by atoms with E-state index in [4.69, 9.17) is 51.5 Å². The van der Waals surface area contributed by atoms with E-state index in [1.807, 2.05) is 0 Å². The lowest BCUT2D eigenvalue weighted by Crippen LogP contribution is -2.51. The number of carboxylic acid groups (broad SMARTS) is 1. The summed E-state index contributed by atoms with van der Waals surface area (Å²) in [4.78, 5) is 10.4. The van der Waals surface area contributed by atoms with Crippen molar-refractivity contribution < 1.29 is 14.6 Å². The fraction of sp³-hybridized carbons (Fsp3) is 0.857. The molecule has 0 saturated carbocycles. The third-order valence-corrected chi connectivity index (χ3v) is 3.57. The highest BCUT2D eigenvalue weighted by Gasteiger charge is 2.59. The van der Waals surface area contributed by atoms with Crippen LogP contribution in [-0.2, 0) is 4.74 Å². The summed E-state index contributed by atoms with van der Waals surface area (Å²) < 4.78 is 2.40. The monoisotopic (exact) mass is 282 g/mol. The van der Waals surface area contributed by atoms with Gasteiger partial charge in [-0.1, -0.05) is 67.2 Å². The highest BCUT2D eigenvalue weighted by atomic mass is 35.6. The van der Waals surface area contributed by atoms with Crippen LogP contribution in [0.25, 0.3) is 0 Å². The molecule has 1 N–H and O–H groups in total. The summed E-state index contributed by atoms with van der Waals surface area (Å²) >= 11 is 22.6. The van der Waals surface area contributed by atoms with Crippen molar-refractivity contribution >= 4 is 52.6 Å². The van der Waals surface area contributed by atoms with Crippen molar-refractivity contribution in [1.29, 1.82) is 0 Å². The van der Waals surface area contributed by atoms with Gasteiger partial charge in [-0.2, -0.15) is 0 Å². The number of hydrogen-bond acceptors (Lipinski definition) is 2. The van der Waals surface area contributed by atoms with E-state index in [2.05, 4.69) is 4.74 Å². The zero-order valence-corrected chi connectivity index (χ0v) is 10.8. The standard InChI is InChI=1S/C7H10Cl4O3/c1-5(2,3)6(8,7(9,10)11)14-4(12)13/h1-3H3,(H,12,13). The molecular weight excluding hydrogens is 274 g/mol. The molecule has 0 aromatic carbocycles. The van der Waals surface area contributed by atoms with Gasteiger partial charge in [0.1, 0.15) is 0 Å². The summed E-state index contributed by atoms with van der Waals surface area (Å²) in [5.41, 5.74) is -0.863. The van der Waals surface area contributed by atoms with Gasteiger partial charge in [-0.3, -0.25) is 0 Å². The SMILES string of the molecule is CC(C)(C)C(Cl)(OC(=O)O)C(Cl)(Cl)Cl. The topological polar surface area (TPSA) is 46.5 Å². The molecule has 1 unspecified atom stereocenters. The smallest absolute Gasteiger partial charge is 0.450 e. The van der Waals surface area contributed by atoms with Crippen molar-refractivity contribution in [3.63, 3.8) is 0 Å². The van der Waals surface area contributed by atoms with E-state index < -0.39 is 20.4 Å². The predicted octanol–water partition coefficient (Wildman–Crippen LogP) is 4.03. The summed E-state index contributed by atoms with van der Waals surface area (Å²) in [6.07, 6.45) is -1.60. The Balaban J connectivity index is 5.18. The van der Waals surface area contributed by atoms with Gasteiger partial charge in [0, 0.05) is 5.41 Å². The predicted molar refractivity (Wildman–Crippen MR) is 57.4 cm³/mol. The highest BCUT2D eigenvalue weighted by molar-refractivity contribution is 6.70. The van der Waals surface area contributed by atoms with Gasteiger partial charge in [0.25, 0.3) is 0 Å². The van der Waals surface area contributed by atoms with Gasteiger partial charge in [-0.25, -0.2) is 4.79 Å². The van der Waals surface area contributed by atoms with Crippen LogP contribution in [0, 0.1) is 5.41 Å². The van der Waals surface area contributed by atoms with Crippen LogP contribution in [0.4, 0.5) is 4.79 Å². The zero-order valence-electron chi connectivity index (χ0n) is 7.78. The normalized spacial score (nSPS) is 17.4. The first kappa shape index (κ1) is 14.4. The van der Waals surface area contributed by atoms with Crippen LogP contribution in [0.3, 0.4) is 0 Å². The van der Waals surface area contributed by atoms with E-state index >= 15 is 0 Å². The third-order valence-electron chi connectivity index (χ3n) is 1.56. The second-order valence-electron chi connectivity index (χ2n) is 3.71. The Morgan fingerprint density at radius 1 is 1.14 bits per heavy atom. The lowest BCUT2D eigenvalue weighted by Gasteiger charge is -2.41. The Morgan fingerprint density at radius 2 is 1.50 bits per heavy atom. The van der Waals surface area contributed by atoms with Crippen LogP contribution in [0.1, 0.15) is 20.8 Å². The molecule has 0 fully saturated rings. The summed E-state index contributed by atoms with van der Waals surface area (Å²) in [5.74, 6) is 0. The summed E-state index contributed by atoms with van der Waals surface area (Å²) in [6, 6.07) is 0. The van der Waals surface area contributed by atoms with Crippen molar-refractivity contribution in [2.75, 3.05) is 0 Å². The number of ether oxygens (including phenoxy) is 1. The maximum atomic E-state index is 10.4. The fourth-order valence-electron chi connectivity index (χ4n) is 0.756. The van der Waals surface area contributed by atoms with Crippen LogP contribution in [0.15, 0.2) is 0 Å². The van der Waals surface area contributed by atoms with E-state index in [1.165, 1.54) is 0 Å². The molecule has 0 amide bonds. The molecular formula is C7H10Cl4O3. The molecule has 0 spiro atoms. The number of hydrogen-bond donors (Lipinski definition) is 1. The molecule has 1 atom stereocenters. The van der Waals surface area contributed by atoms with Gasteiger partial charge >= 0.3 is 6.16 Å². The van der Waals surface area contributed by atoms with Gasteiger partial charge in [0.15, 0.2) is 0 Å². The van der Waals surface area contributed by atoms with E-state index in [0.717, 1.165) is 0 Å². The minimum Gasteiger partial charge on any atom is -0.450 e. The highest BCUT2D eigenvalue weighted by Crippen LogP contribution is 2.53. The molecule has 0 aliphatic heterocycles. The Morgan fingerprint density at radius 3 is 1.57 bits per heavy atom. The second-order valence-corrected chi connectivity index (χ2v) is 6.52. The molecule has 14 heavy (non-hydrogen) atoms. The van der Waals surface area contributed by atoms with Crippen LogP contribution >= 0.6 is 46.4 Å². The minimum atomic E-state index is -2.05. The number of alkyl halides is 4. The first-order valence-electron chi connectivity index (χ1n) is 3.59. The van der Waals surface area contributed by atoms with Crippen molar-refractivity contribution in [2.24, 2.45) is 5.41 Å². The Bertz CT molecular complexity index is 214. The van der Waals surface area contributed by atoms with Crippen LogP contribution < -0.4 is 0 Å². The first-order valence-corrected chi connectivity index (χ1v) is 5.10. The number of carbonyl (C=O) groups is 1. The number of halogens is 4. The molecule has 0 heterocycles. The fourth-order valence-corrected chi connectivity index (χ4v) is 1.79. The first-order chi connectivity index (χ1) is 5.92. The van der Waals surface area contributed by atoms with E-state index in [1.54, 1.807) is 20.8 Å². The molecule has 0 bridgehead atoms. The number of rotatable bonds is 1. The van der Waals surface area contributed by atoms with Crippen LogP contribution in [0.2, 0.25) is 0 Å². The molecule has 0 rings (SSSR count). The quantitative estimate of drug-likeness (QED) is 0.584. The maximum absolute atomic E-state index is 10.4. The Hall–Kier alpha value is 0.430. The van der Waals surface area contributed by atoms with E-state index in [9.17, 15) is 4.79 Å². The van der Waals surface area contributed by atoms with Gasteiger partial charge in [0.2, 0.25) is 8.85 Å². The molecule has 3 nitrogen and oxygen atoms in total. The summed E-state index contributed by atoms with van der Waals surface area (Å²) in [6.45, 7) is 4.81. The van der Waals surface area contributed by atoms with Crippen molar-refractivity contribution in [3.8, 4) is 0 Å². The second kappa shape index (κ2) is 4.12. The maximum Gasteiger partial charge on any atom is 0.507 e. The lowest BCUT2D eigenvalue weighted by molar-refractivity contribution is -0.0259. The van der Waals surface area contributed by atoms with Crippen molar-refractivity contribution in [3.05, 3.63) is 0 Å². The largest absolute Gasteiger partial charge is 0.507 e. The van der Waals surface area contributed by atoms with Crippen molar-refractivity contribution in [2.45, 2.75) is 29.6 Å².